The number of hydrogen-bond donors (Lipinski definition) is 1. The van der Waals surface area contributed by atoms with E-state index < -0.39 is 0 Å². The van der Waals surface area contributed by atoms with Crippen LogP contribution in [0.2, 0.25) is 5.02 Å². The van der Waals surface area contributed by atoms with Crippen LogP contribution in [0, 0.1) is 6.92 Å². The SMILES string of the molecule is Cc1ccc(Cl)cc1OC1(CNC(C)(C)C)CC1. The molecule has 0 amide bonds. The Labute approximate surface area is 115 Å². The highest BCUT2D eigenvalue weighted by Crippen LogP contribution is 2.41. The first-order valence-corrected chi connectivity index (χ1v) is 6.88. The molecule has 0 heterocycles. The second-order valence-corrected chi connectivity index (χ2v) is 6.73. The molecule has 2 rings (SSSR count). The molecule has 18 heavy (non-hydrogen) atoms. The maximum Gasteiger partial charge on any atom is 0.124 e. The molecule has 1 fully saturated rings. The lowest BCUT2D eigenvalue weighted by Crippen LogP contribution is -2.43. The molecule has 0 radical (unpaired) electrons. The van der Waals surface area contributed by atoms with E-state index in [-0.39, 0.29) is 11.1 Å². The first-order chi connectivity index (χ1) is 8.30. The molecule has 0 aliphatic heterocycles. The Balaban J connectivity index is 2.02. The third-order valence-corrected chi connectivity index (χ3v) is 3.46. The summed E-state index contributed by atoms with van der Waals surface area (Å²) >= 11 is 6.02. The number of benzene rings is 1. The van der Waals surface area contributed by atoms with Crippen molar-refractivity contribution in [2.24, 2.45) is 0 Å². The van der Waals surface area contributed by atoms with E-state index in [0.29, 0.717) is 0 Å². The average molecular weight is 268 g/mol. The summed E-state index contributed by atoms with van der Waals surface area (Å²) in [4.78, 5) is 0. The Morgan fingerprint density at radius 2 is 2.00 bits per heavy atom. The van der Waals surface area contributed by atoms with Crippen molar-refractivity contribution >= 4 is 11.6 Å². The van der Waals surface area contributed by atoms with Gasteiger partial charge >= 0.3 is 0 Å². The first-order valence-electron chi connectivity index (χ1n) is 6.50. The van der Waals surface area contributed by atoms with Crippen molar-refractivity contribution in [3.63, 3.8) is 0 Å². The highest BCUT2D eigenvalue weighted by Gasteiger charge is 2.46. The molecule has 1 saturated carbocycles. The summed E-state index contributed by atoms with van der Waals surface area (Å²) in [7, 11) is 0. The summed E-state index contributed by atoms with van der Waals surface area (Å²) < 4.78 is 6.17. The smallest absolute Gasteiger partial charge is 0.124 e. The monoisotopic (exact) mass is 267 g/mol. The number of hydrogen-bond acceptors (Lipinski definition) is 2. The van der Waals surface area contributed by atoms with Crippen LogP contribution in [-0.2, 0) is 0 Å². The Morgan fingerprint density at radius 3 is 2.56 bits per heavy atom. The zero-order chi connectivity index (χ0) is 13.4. The van der Waals surface area contributed by atoms with E-state index in [1.807, 2.05) is 18.2 Å². The van der Waals surface area contributed by atoms with Crippen molar-refractivity contribution in [2.75, 3.05) is 6.54 Å². The fourth-order valence-corrected chi connectivity index (χ4v) is 1.96. The van der Waals surface area contributed by atoms with Gasteiger partial charge < -0.3 is 10.1 Å². The second-order valence-electron chi connectivity index (χ2n) is 6.30. The van der Waals surface area contributed by atoms with Gasteiger partial charge in [0.2, 0.25) is 0 Å². The minimum atomic E-state index is -0.0251. The topological polar surface area (TPSA) is 21.3 Å². The summed E-state index contributed by atoms with van der Waals surface area (Å²) in [5, 5.41) is 4.25. The van der Waals surface area contributed by atoms with Crippen molar-refractivity contribution in [1.82, 2.24) is 5.32 Å². The number of aryl methyl sites for hydroxylation is 1. The van der Waals surface area contributed by atoms with Crippen LogP contribution in [0.25, 0.3) is 0 Å². The molecule has 2 nitrogen and oxygen atoms in total. The number of nitrogens with one attached hydrogen (secondary N) is 1. The van der Waals surface area contributed by atoms with Gasteiger partial charge in [0.15, 0.2) is 0 Å². The lowest BCUT2D eigenvalue weighted by atomic mass is 10.1. The van der Waals surface area contributed by atoms with Crippen molar-refractivity contribution in [1.29, 1.82) is 0 Å². The molecule has 1 N–H and O–H groups in total. The quantitative estimate of drug-likeness (QED) is 0.892. The number of halogens is 1. The highest BCUT2D eigenvalue weighted by molar-refractivity contribution is 6.30. The van der Waals surface area contributed by atoms with Gasteiger partial charge in [0.05, 0.1) is 0 Å². The largest absolute Gasteiger partial charge is 0.486 e. The van der Waals surface area contributed by atoms with Gasteiger partial charge in [-0.25, -0.2) is 0 Å². The van der Waals surface area contributed by atoms with E-state index in [1.165, 1.54) is 0 Å². The minimum absolute atomic E-state index is 0.0251. The molecule has 1 aliphatic rings. The van der Waals surface area contributed by atoms with Crippen LogP contribution in [0.4, 0.5) is 0 Å². The van der Waals surface area contributed by atoms with Crippen molar-refractivity contribution in [2.45, 2.75) is 51.7 Å². The molecule has 3 heteroatoms. The standard InChI is InChI=1S/C15H22ClNO/c1-11-5-6-12(16)9-13(11)18-15(7-8-15)10-17-14(2,3)4/h5-6,9,17H,7-8,10H2,1-4H3. The van der Waals surface area contributed by atoms with Crippen LogP contribution in [0.15, 0.2) is 18.2 Å². The molecule has 0 aromatic heterocycles. The summed E-state index contributed by atoms with van der Waals surface area (Å²) in [5.74, 6) is 0.913. The predicted octanol–water partition coefficient (Wildman–Crippen LogP) is 3.95. The number of ether oxygens (including phenoxy) is 1. The van der Waals surface area contributed by atoms with E-state index in [0.717, 1.165) is 35.7 Å². The van der Waals surface area contributed by atoms with Gasteiger partial charge in [-0.05, 0) is 58.2 Å². The summed E-state index contributed by atoms with van der Waals surface area (Å²) in [6.07, 6.45) is 2.23. The molecule has 0 saturated heterocycles. The van der Waals surface area contributed by atoms with Gasteiger partial charge in [-0.15, -0.1) is 0 Å². The van der Waals surface area contributed by atoms with Crippen molar-refractivity contribution in [3.8, 4) is 5.75 Å². The first kappa shape index (κ1) is 13.7. The van der Waals surface area contributed by atoms with Gasteiger partial charge in [-0.1, -0.05) is 17.7 Å². The fourth-order valence-electron chi connectivity index (χ4n) is 1.80. The van der Waals surface area contributed by atoms with E-state index in [2.05, 4.69) is 33.0 Å². The van der Waals surface area contributed by atoms with Crippen molar-refractivity contribution in [3.05, 3.63) is 28.8 Å². The fraction of sp³-hybridized carbons (Fsp3) is 0.600. The van der Waals surface area contributed by atoms with E-state index >= 15 is 0 Å². The number of rotatable bonds is 4. The molecule has 0 atom stereocenters. The van der Waals surface area contributed by atoms with Crippen LogP contribution >= 0.6 is 11.6 Å². The average Bonchev–Trinajstić information content (AvgIpc) is 3.01. The van der Waals surface area contributed by atoms with Crippen LogP contribution in [0.5, 0.6) is 5.75 Å². The molecule has 100 valence electrons. The van der Waals surface area contributed by atoms with E-state index in [1.54, 1.807) is 0 Å². The molecular formula is C15H22ClNO. The third-order valence-electron chi connectivity index (χ3n) is 3.23. The zero-order valence-electron chi connectivity index (χ0n) is 11.6. The Morgan fingerprint density at radius 1 is 1.33 bits per heavy atom. The van der Waals surface area contributed by atoms with Gasteiger partial charge in [-0.3, -0.25) is 0 Å². The van der Waals surface area contributed by atoms with Gasteiger partial charge in [0, 0.05) is 17.1 Å². The Bertz CT molecular complexity index is 433. The third kappa shape index (κ3) is 3.63. The van der Waals surface area contributed by atoms with Crippen LogP contribution in [-0.4, -0.2) is 17.7 Å². The van der Waals surface area contributed by atoms with Crippen LogP contribution < -0.4 is 10.1 Å². The minimum Gasteiger partial charge on any atom is -0.486 e. The lowest BCUT2D eigenvalue weighted by molar-refractivity contribution is 0.163. The van der Waals surface area contributed by atoms with Gasteiger partial charge in [0.1, 0.15) is 11.4 Å². The van der Waals surface area contributed by atoms with Crippen LogP contribution in [0.3, 0.4) is 0 Å². The molecule has 0 unspecified atom stereocenters. The Hall–Kier alpha value is -0.730. The van der Waals surface area contributed by atoms with Gasteiger partial charge in [0.25, 0.3) is 0 Å². The van der Waals surface area contributed by atoms with Crippen LogP contribution in [0.1, 0.15) is 39.2 Å². The molecule has 0 bridgehead atoms. The maximum atomic E-state index is 6.17. The molecule has 1 aromatic carbocycles. The summed E-state index contributed by atoms with van der Waals surface area (Å²) in [6, 6.07) is 5.82. The molecule has 1 aromatic rings. The summed E-state index contributed by atoms with van der Waals surface area (Å²) in [5.41, 5.74) is 1.24. The predicted molar refractivity (Wildman–Crippen MR) is 76.5 cm³/mol. The second kappa shape index (κ2) is 4.75. The van der Waals surface area contributed by atoms with Crippen molar-refractivity contribution < 1.29 is 4.74 Å². The highest BCUT2D eigenvalue weighted by atomic mass is 35.5. The lowest BCUT2D eigenvalue weighted by Gasteiger charge is -2.26. The normalized spacial score (nSPS) is 17.6. The van der Waals surface area contributed by atoms with E-state index in [4.69, 9.17) is 16.3 Å². The summed E-state index contributed by atoms with van der Waals surface area (Å²) in [6.45, 7) is 9.47. The van der Waals surface area contributed by atoms with Gasteiger partial charge in [-0.2, -0.15) is 0 Å². The van der Waals surface area contributed by atoms with E-state index in [9.17, 15) is 0 Å². The maximum absolute atomic E-state index is 6.17. The molecule has 1 aliphatic carbocycles. The zero-order valence-corrected chi connectivity index (χ0v) is 12.4. The molecular weight excluding hydrogens is 246 g/mol. The molecule has 0 spiro atoms. The Kier molecular flexibility index (Phi) is 3.61.